The zero-order chi connectivity index (χ0) is 13.3. The van der Waals surface area contributed by atoms with Crippen LogP contribution in [-0.2, 0) is 9.59 Å². The molecule has 0 saturated carbocycles. The first kappa shape index (κ1) is 12.8. The molecule has 2 fully saturated rings. The molecule has 100 valence electrons. The number of nitrogens with one attached hydrogen (secondary N) is 1. The third kappa shape index (κ3) is 2.31. The minimum atomic E-state index is -0.392. The molecule has 0 radical (unpaired) electrons. The van der Waals surface area contributed by atoms with Crippen molar-refractivity contribution in [3.63, 3.8) is 0 Å². The molecule has 2 rings (SSSR count). The predicted molar refractivity (Wildman–Crippen MR) is 63.8 cm³/mol. The van der Waals surface area contributed by atoms with Crippen LogP contribution in [0.2, 0.25) is 0 Å². The first-order valence-corrected chi connectivity index (χ1v) is 6.06. The number of nitrogens with zero attached hydrogens (tertiary/aromatic N) is 3. The van der Waals surface area contributed by atoms with Gasteiger partial charge in [-0.3, -0.25) is 14.5 Å². The van der Waals surface area contributed by atoms with Crippen LogP contribution in [0.3, 0.4) is 0 Å². The van der Waals surface area contributed by atoms with Gasteiger partial charge in [0.1, 0.15) is 13.1 Å². The van der Waals surface area contributed by atoms with Crippen LogP contribution in [0.5, 0.6) is 0 Å². The molecule has 2 aliphatic heterocycles. The van der Waals surface area contributed by atoms with Crippen LogP contribution < -0.4 is 5.32 Å². The highest BCUT2D eigenvalue weighted by Gasteiger charge is 2.36. The van der Waals surface area contributed by atoms with Gasteiger partial charge in [-0.15, -0.1) is 0 Å². The minimum Gasteiger partial charge on any atom is -0.336 e. The van der Waals surface area contributed by atoms with Crippen LogP contribution in [0.1, 0.15) is 6.92 Å². The second-order valence-corrected chi connectivity index (χ2v) is 4.76. The molecule has 7 heteroatoms. The van der Waals surface area contributed by atoms with E-state index in [0.717, 1.165) is 18.0 Å². The molecule has 1 N–H and O–H groups in total. The van der Waals surface area contributed by atoms with Crippen LogP contribution >= 0.6 is 0 Å². The topological polar surface area (TPSA) is 73.0 Å². The maximum absolute atomic E-state index is 12.1. The van der Waals surface area contributed by atoms with Gasteiger partial charge in [0.2, 0.25) is 5.91 Å². The Balaban J connectivity index is 1.98. The molecule has 7 nitrogen and oxygen atoms in total. The van der Waals surface area contributed by atoms with E-state index >= 15 is 0 Å². The van der Waals surface area contributed by atoms with Crippen molar-refractivity contribution in [2.75, 3.05) is 39.8 Å². The van der Waals surface area contributed by atoms with Crippen molar-refractivity contribution >= 4 is 17.8 Å². The van der Waals surface area contributed by atoms with Gasteiger partial charge >= 0.3 is 6.03 Å². The molecule has 18 heavy (non-hydrogen) atoms. The molecule has 4 amide bonds. The molecular formula is C11H18N4O3. The second kappa shape index (κ2) is 4.93. The smallest absolute Gasteiger partial charge is 0.327 e. The molecule has 0 aromatic rings. The molecule has 2 heterocycles. The van der Waals surface area contributed by atoms with Gasteiger partial charge in [0, 0.05) is 32.7 Å². The van der Waals surface area contributed by atoms with E-state index in [1.54, 1.807) is 11.9 Å². The molecule has 0 unspecified atom stereocenters. The van der Waals surface area contributed by atoms with Gasteiger partial charge < -0.3 is 15.1 Å². The Bertz CT molecular complexity index is 384. The summed E-state index contributed by atoms with van der Waals surface area (Å²) in [5, 5.41) is 3.19. The normalized spacial score (nSPS) is 25.0. The summed E-state index contributed by atoms with van der Waals surface area (Å²) in [6, 6.07) is -0.298. The van der Waals surface area contributed by atoms with Crippen LogP contribution in [0.15, 0.2) is 0 Å². The van der Waals surface area contributed by atoms with Gasteiger partial charge in [-0.1, -0.05) is 0 Å². The van der Waals surface area contributed by atoms with Gasteiger partial charge in [-0.05, 0) is 6.92 Å². The summed E-state index contributed by atoms with van der Waals surface area (Å²) >= 11 is 0. The Morgan fingerprint density at radius 3 is 2.72 bits per heavy atom. The van der Waals surface area contributed by atoms with E-state index in [4.69, 9.17) is 0 Å². The first-order valence-electron chi connectivity index (χ1n) is 6.06. The molecular weight excluding hydrogens is 236 g/mol. The Morgan fingerprint density at radius 2 is 2.17 bits per heavy atom. The number of piperazine rings is 1. The number of rotatable bonds is 2. The predicted octanol–water partition coefficient (Wildman–Crippen LogP) is -1.30. The Labute approximate surface area is 106 Å². The quantitative estimate of drug-likeness (QED) is 0.622. The minimum absolute atomic E-state index is 0.0588. The highest BCUT2D eigenvalue weighted by Crippen LogP contribution is 2.10. The highest BCUT2D eigenvalue weighted by atomic mass is 16.2. The Morgan fingerprint density at radius 1 is 1.44 bits per heavy atom. The van der Waals surface area contributed by atoms with Gasteiger partial charge in [0.05, 0.1) is 0 Å². The Kier molecular flexibility index (Phi) is 3.51. The van der Waals surface area contributed by atoms with Crippen molar-refractivity contribution in [3.8, 4) is 0 Å². The van der Waals surface area contributed by atoms with E-state index in [-0.39, 0.29) is 30.9 Å². The largest absolute Gasteiger partial charge is 0.336 e. The van der Waals surface area contributed by atoms with E-state index in [1.807, 2.05) is 6.92 Å². The zero-order valence-electron chi connectivity index (χ0n) is 10.7. The number of imide groups is 1. The maximum Gasteiger partial charge on any atom is 0.327 e. The van der Waals surface area contributed by atoms with Gasteiger partial charge in [-0.25, -0.2) is 4.79 Å². The van der Waals surface area contributed by atoms with E-state index in [9.17, 15) is 14.4 Å². The van der Waals surface area contributed by atoms with E-state index in [0.29, 0.717) is 6.54 Å². The zero-order valence-corrected chi connectivity index (χ0v) is 10.7. The third-order valence-corrected chi connectivity index (χ3v) is 3.35. The SMILES string of the molecule is C[C@H]1CNCCN1C(=O)CN1C(=O)CN(C)C1=O. The summed E-state index contributed by atoms with van der Waals surface area (Å²) < 4.78 is 0. The highest BCUT2D eigenvalue weighted by molar-refractivity contribution is 6.04. The summed E-state index contributed by atoms with van der Waals surface area (Å²) in [5.41, 5.74) is 0. The lowest BCUT2D eigenvalue weighted by Crippen LogP contribution is -2.55. The van der Waals surface area contributed by atoms with E-state index in [2.05, 4.69) is 5.32 Å². The number of carbonyl (C=O) groups is 3. The van der Waals surface area contributed by atoms with Crippen molar-refractivity contribution in [3.05, 3.63) is 0 Å². The summed E-state index contributed by atoms with van der Waals surface area (Å²) in [6.07, 6.45) is 0. The van der Waals surface area contributed by atoms with Gasteiger partial charge in [0.25, 0.3) is 5.91 Å². The molecule has 2 aliphatic rings. The molecule has 2 saturated heterocycles. The standard InChI is InChI=1S/C11H18N4O3/c1-8-5-12-3-4-14(8)10(17)7-15-9(16)6-13(2)11(15)18/h8,12H,3-7H2,1-2H3/t8-/m0/s1. The number of hydrogen-bond donors (Lipinski definition) is 1. The van der Waals surface area contributed by atoms with Crippen molar-refractivity contribution in [1.82, 2.24) is 20.0 Å². The first-order chi connectivity index (χ1) is 8.50. The molecule has 0 bridgehead atoms. The number of carbonyl (C=O) groups excluding carboxylic acids is 3. The van der Waals surface area contributed by atoms with E-state index < -0.39 is 6.03 Å². The average Bonchev–Trinajstić information content (AvgIpc) is 2.56. The number of amides is 4. The lowest BCUT2D eigenvalue weighted by molar-refractivity contribution is -0.138. The van der Waals surface area contributed by atoms with Crippen molar-refractivity contribution in [2.45, 2.75) is 13.0 Å². The van der Waals surface area contributed by atoms with Crippen molar-refractivity contribution in [2.24, 2.45) is 0 Å². The van der Waals surface area contributed by atoms with Gasteiger partial charge in [0.15, 0.2) is 0 Å². The number of urea groups is 1. The fourth-order valence-electron chi connectivity index (χ4n) is 2.26. The van der Waals surface area contributed by atoms with Gasteiger partial charge in [-0.2, -0.15) is 0 Å². The average molecular weight is 254 g/mol. The summed E-state index contributed by atoms with van der Waals surface area (Å²) in [7, 11) is 1.55. The molecule has 1 atom stereocenters. The lowest BCUT2D eigenvalue weighted by atomic mass is 10.2. The lowest BCUT2D eigenvalue weighted by Gasteiger charge is -2.34. The van der Waals surface area contributed by atoms with Crippen molar-refractivity contribution < 1.29 is 14.4 Å². The number of likely N-dealkylation sites (N-methyl/N-ethyl adjacent to an activating group) is 1. The monoisotopic (exact) mass is 254 g/mol. The summed E-state index contributed by atoms with van der Waals surface area (Å²) in [4.78, 5) is 39.4. The fraction of sp³-hybridized carbons (Fsp3) is 0.727. The second-order valence-electron chi connectivity index (χ2n) is 4.76. The molecule has 0 aromatic carbocycles. The molecule has 0 spiro atoms. The van der Waals surface area contributed by atoms with E-state index in [1.165, 1.54) is 4.90 Å². The van der Waals surface area contributed by atoms with Crippen LogP contribution in [0.25, 0.3) is 0 Å². The fourth-order valence-corrected chi connectivity index (χ4v) is 2.26. The summed E-state index contributed by atoms with van der Waals surface area (Å²) in [6.45, 7) is 3.97. The molecule has 0 aromatic heterocycles. The van der Waals surface area contributed by atoms with Crippen molar-refractivity contribution in [1.29, 1.82) is 0 Å². The Hall–Kier alpha value is -1.63. The van der Waals surface area contributed by atoms with Crippen LogP contribution in [0, 0.1) is 0 Å². The third-order valence-electron chi connectivity index (χ3n) is 3.35. The molecule has 0 aliphatic carbocycles. The van der Waals surface area contributed by atoms with Crippen LogP contribution in [-0.4, -0.2) is 78.4 Å². The van der Waals surface area contributed by atoms with Crippen LogP contribution in [0.4, 0.5) is 4.79 Å². The summed E-state index contributed by atoms with van der Waals surface area (Å²) in [5.74, 6) is -0.473. The maximum atomic E-state index is 12.1. The number of hydrogen-bond acceptors (Lipinski definition) is 4.